The third-order valence-electron chi connectivity index (χ3n) is 2.31. The normalized spacial score (nSPS) is 14.3. The van der Waals surface area contributed by atoms with Crippen LogP contribution >= 0.6 is 0 Å². The first-order chi connectivity index (χ1) is 7.31. The summed E-state index contributed by atoms with van der Waals surface area (Å²) in [6.45, 7) is 3.21. The number of hydrogen-bond donors (Lipinski definition) is 0. The second-order valence-electron chi connectivity index (χ2n) is 3.53. The highest BCUT2D eigenvalue weighted by Gasteiger charge is 2.18. The number of ether oxygens (including phenoxy) is 2. The fourth-order valence-corrected chi connectivity index (χ4v) is 1.55. The van der Waals surface area contributed by atoms with Crippen molar-refractivity contribution in [2.24, 2.45) is 0 Å². The summed E-state index contributed by atoms with van der Waals surface area (Å²) in [5.74, 6) is 1.56. The average Bonchev–Trinajstić information content (AvgIpc) is 2.27. The van der Waals surface area contributed by atoms with Crippen LogP contribution < -0.4 is 9.47 Å². The van der Waals surface area contributed by atoms with E-state index in [-0.39, 0.29) is 5.78 Å². The summed E-state index contributed by atoms with van der Waals surface area (Å²) in [7, 11) is 0. The number of Topliss-reactive ketones (excluding diaryl/α,β-unsaturated/α-hetero) is 1. The summed E-state index contributed by atoms with van der Waals surface area (Å²) in [6, 6.07) is 5.41. The molecule has 0 aromatic heterocycles. The fourth-order valence-electron chi connectivity index (χ4n) is 1.55. The van der Waals surface area contributed by atoms with Gasteiger partial charge in [-0.1, -0.05) is 6.92 Å². The Bertz CT molecular complexity index is 371. The van der Waals surface area contributed by atoms with Gasteiger partial charge in [0.25, 0.3) is 0 Å². The molecule has 3 heteroatoms. The second-order valence-corrected chi connectivity index (χ2v) is 3.53. The van der Waals surface area contributed by atoms with E-state index in [2.05, 4.69) is 0 Å². The van der Waals surface area contributed by atoms with Crippen molar-refractivity contribution >= 4 is 5.78 Å². The first-order valence-corrected chi connectivity index (χ1v) is 5.24. The van der Waals surface area contributed by atoms with Gasteiger partial charge in [-0.15, -0.1) is 0 Å². The van der Waals surface area contributed by atoms with Crippen LogP contribution in [0, 0.1) is 0 Å². The highest BCUT2D eigenvalue weighted by molar-refractivity contribution is 5.99. The molecule has 0 aliphatic carbocycles. The van der Waals surface area contributed by atoms with Gasteiger partial charge in [-0.2, -0.15) is 0 Å². The maximum absolute atomic E-state index is 11.6. The van der Waals surface area contributed by atoms with Crippen molar-refractivity contribution in [1.29, 1.82) is 0 Å². The summed E-state index contributed by atoms with van der Waals surface area (Å²) >= 11 is 0. The largest absolute Gasteiger partial charge is 0.494 e. The highest BCUT2D eigenvalue weighted by Crippen LogP contribution is 2.28. The molecule has 0 fully saturated rings. The number of benzene rings is 1. The van der Waals surface area contributed by atoms with Crippen molar-refractivity contribution in [2.75, 3.05) is 13.2 Å². The number of hydrogen-bond acceptors (Lipinski definition) is 3. The van der Waals surface area contributed by atoms with Crippen LogP contribution in [-0.2, 0) is 0 Å². The molecule has 2 rings (SSSR count). The lowest BCUT2D eigenvalue weighted by molar-refractivity contribution is 0.0933. The van der Waals surface area contributed by atoms with Gasteiger partial charge in [0.2, 0.25) is 0 Å². The third kappa shape index (κ3) is 2.12. The Labute approximate surface area is 89.0 Å². The number of fused-ring (bicyclic) bond motifs is 1. The fraction of sp³-hybridized carbons (Fsp3) is 0.417. The number of carbonyl (C=O) groups excluding carboxylic acids is 1. The lowest BCUT2D eigenvalue weighted by Gasteiger charge is -2.16. The Kier molecular flexibility index (Phi) is 2.90. The van der Waals surface area contributed by atoms with Crippen LogP contribution in [0.3, 0.4) is 0 Å². The summed E-state index contributed by atoms with van der Waals surface area (Å²) in [6.07, 6.45) is 1.42. The van der Waals surface area contributed by atoms with Gasteiger partial charge in [0.05, 0.1) is 18.8 Å². The van der Waals surface area contributed by atoms with Gasteiger partial charge in [0.1, 0.15) is 11.5 Å². The number of carbonyl (C=O) groups is 1. The second kappa shape index (κ2) is 4.34. The molecule has 1 aromatic rings. The monoisotopic (exact) mass is 206 g/mol. The van der Waals surface area contributed by atoms with Gasteiger partial charge < -0.3 is 9.47 Å². The molecule has 15 heavy (non-hydrogen) atoms. The molecule has 3 nitrogen and oxygen atoms in total. The molecule has 1 aromatic carbocycles. The molecule has 1 aliphatic heterocycles. The first-order valence-electron chi connectivity index (χ1n) is 5.24. The summed E-state index contributed by atoms with van der Waals surface area (Å²) in [5.41, 5.74) is 0.648. The zero-order chi connectivity index (χ0) is 10.7. The Morgan fingerprint density at radius 3 is 3.13 bits per heavy atom. The Morgan fingerprint density at radius 2 is 2.33 bits per heavy atom. The molecule has 0 saturated heterocycles. The Hall–Kier alpha value is -1.51. The summed E-state index contributed by atoms with van der Waals surface area (Å²) in [5, 5.41) is 0. The van der Waals surface area contributed by atoms with Crippen molar-refractivity contribution in [3.63, 3.8) is 0 Å². The van der Waals surface area contributed by atoms with E-state index in [0.29, 0.717) is 30.9 Å². The van der Waals surface area contributed by atoms with Crippen LogP contribution in [0.25, 0.3) is 0 Å². The summed E-state index contributed by atoms with van der Waals surface area (Å²) in [4.78, 5) is 11.6. The van der Waals surface area contributed by atoms with Crippen molar-refractivity contribution in [2.45, 2.75) is 19.8 Å². The summed E-state index contributed by atoms with van der Waals surface area (Å²) < 4.78 is 10.8. The minimum atomic E-state index is 0.137. The van der Waals surface area contributed by atoms with Gasteiger partial charge in [-0.25, -0.2) is 0 Å². The lowest BCUT2D eigenvalue weighted by Crippen LogP contribution is -2.15. The van der Waals surface area contributed by atoms with Crippen LogP contribution in [0.2, 0.25) is 0 Å². The maximum atomic E-state index is 11.6. The zero-order valence-electron chi connectivity index (χ0n) is 8.79. The molecule has 80 valence electrons. The lowest BCUT2D eigenvalue weighted by atomic mass is 10.0. The van der Waals surface area contributed by atoms with Crippen molar-refractivity contribution in [3.05, 3.63) is 23.8 Å². The minimum absolute atomic E-state index is 0.137. The topological polar surface area (TPSA) is 35.5 Å². The van der Waals surface area contributed by atoms with Gasteiger partial charge in [0, 0.05) is 6.42 Å². The van der Waals surface area contributed by atoms with Crippen LogP contribution in [0.4, 0.5) is 0 Å². The van der Waals surface area contributed by atoms with Crippen LogP contribution in [0.15, 0.2) is 18.2 Å². The van der Waals surface area contributed by atoms with E-state index in [0.717, 1.165) is 12.2 Å². The predicted molar refractivity (Wildman–Crippen MR) is 56.7 cm³/mol. The van der Waals surface area contributed by atoms with E-state index in [9.17, 15) is 4.79 Å². The van der Waals surface area contributed by atoms with E-state index in [1.807, 2.05) is 13.0 Å². The molecule has 0 spiro atoms. The maximum Gasteiger partial charge on any atom is 0.170 e. The number of rotatable bonds is 3. The smallest absolute Gasteiger partial charge is 0.170 e. The Balaban J connectivity index is 2.23. The molecule has 1 aliphatic rings. The molecule has 0 amide bonds. The molecule has 0 unspecified atom stereocenters. The van der Waals surface area contributed by atoms with Crippen LogP contribution in [-0.4, -0.2) is 19.0 Å². The molecule has 1 heterocycles. The van der Waals surface area contributed by atoms with Gasteiger partial charge in [-0.3, -0.25) is 4.79 Å². The zero-order valence-corrected chi connectivity index (χ0v) is 8.79. The number of ketones is 1. The van der Waals surface area contributed by atoms with E-state index >= 15 is 0 Å². The van der Waals surface area contributed by atoms with Crippen molar-refractivity contribution in [1.82, 2.24) is 0 Å². The SMILES string of the molecule is CCCOc1ccc2c(c1)C(=O)CCO2. The van der Waals surface area contributed by atoms with E-state index in [4.69, 9.17) is 9.47 Å². The predicted octanol–water partition coefficient (Wildman–Crippen LogP) is 2.44. The van der Waals surface area contributed by atoms with Crippen LogP contribution in [0.1, 0.15) is 30.1 Å². The van der Waals surface area contributed by atoms with Crippen LogP contribution in [0.5, 0.6) is 11.5 Å². The molecule has 0 atom stereocenters. The van der Waals surface area contributed by atoms with E-state index in [1.54, 1.807) is 12.1 Å². The van der Waals surface area contributed by atoms with Crippen molar-refractivity contribution < 1.29 is 14.3 Å². The standard InChI is InChI=1S/C12H14O3/c1-2-6-14-9-3-4-12-10(8-9)11(13)5-7-15-12/h3-4,8H,2,5-7H2,1H3. The van der Waals surface area contributed by atoms with Gasteiger partial charge in [0.15, 0.2) is 5.78 Å². The van der Waals surface area contributed by atoms with Gasteiger partial charge >= 0.3 is 0 Å². The van der Waals surface area contributed by atoms with Gasteiger partial charge in [-0.05, 0) is 24.6 Å². The van der Waals surface area contributed by atoms with E-state index in [1.165, 1.54) is 0 Å². The first kappa shape index (κ1) is 10.0. The van der Waals surface area contributed by atoms with Crippen molar-refractivity contribution in [3.8, 4) is 11.5 Å². The highest BCUT2D eigenvalue weighted by atomic mass is 16.5. The molecule has 0 N–H and O–H groups in total. The molecule has 0 saturated carbocycles. The molecule has 0 radical (unpaired) electrons. The molecule has 0 bridgehead atoms. The quantitative estimate of drug-likeness (QED) is 0.762. The molecular weight excluding hydrogens is 192 g/mol. The third-order valence-corrected chi connectivity index (χ3v) is 2.31. The Morgan fingerprint density at radius 1 is 1.47 bits per heavy atom. The minimum Gasteiger partial charge on any atom is -0.494 e. The average molecular weight is 206 g/mol. The molecular formula is C12H14O3. The van der Waals surface area contributed by atoms with E-state index < -0.39 is 0 Å².